The molecule has 0 fully saturated rings. The van der Waals surface area contributed by atoms with Crippen molar-refractivity contribution in [3.63, 3.8) is 0 Å². The van der Waals surface area contributed by atoms with Crippen LogP contribution in [0.25, 0.3) is 0 Å². The zero-order valence-corrected chi connectivity index (χ0v) is 12.8. The number of benzene rings is 1. The van der Waals surface area contributed by atoms with Gasteiger partial charge in [-0.3, -0.25) is 4.79 Å². The van der Waals surface area contributed by atoms with Crippen molar-refractivity contribution in [1.82, 2.24) is 10.3 Å². The number of nitrogens with zero attached hydrogens (tertiary/aromatic N) is 1. The lowest BCUT2D eigenvalue weighted by Crippen LogP contribution is -2.23. The van der Waals surface area contributed by atoms with Crippen LogP contribution in [-0.4, -0.2) is 17.9 Å². The van der Waals surface area contributed by atoms with Gasteiger partial charge in [0.2, 0.25) is 0 Å². The quantitative estimate of drug-likeness (QED) is 0.889. The number of carbonyl (C=O) groups is 1. The minimum Gasteiger partial charge on any atom is -0.388 e. The van der Waals surface area contributed by atoms with E-state index in [1.165, 1.54) is 4.88 Å². The van der Waals surface area contributed by atoms with Crippen LogP contribution in [-0.2, 0) is 13.0 Å². The Morgan fingerprint density at radius 1 is 1.40 bits per heavy atom. The molecule has 0 atom stereocenters. The van der Waals surface area contributed by atoms with Crippen LogP contribution in [0.1, 0.15) is 32.7 Å². The third kappa shape index (κ3) is 3.36. The lowest BCUT2D eigenvalue weighted by atomic mass is 10.1. The standard InChI is InChI=1S/C15H19N3OS/c1-4-12-8-17-14(20-12)9-18-15(19)13-6-5-11(16-3)7-10(13)2/h5-8,16H,4,9H2,1-3H3,(H,18,19). The van der Waals surface area contributed by atoms with Gasteiger partial charge in [0, 0.05) is 29.4 Å². The molecule has 0 bridgehead atoms. The highest BCUT2D eigenvalue weighted by atomic mass is 32.1. The number of nitrogens with one attached hydrogen (secondary N) is 2. The fourth-order valence-corrected chi connectivity index (χ4v) is 2.72. The van der Waals surface area contributed by atoms with E-state index in [9.17, 15) is 4.79 Å². The summed E-state index contributed by atoms with van der Waals surface area (Å²) in [4.78, 5) is 17.7. The molecule has 1 amide bonds. The Hall–Kier alpha value is -1.88. The molecule has 0 aliphatic rings. The fraction of sp³-hybridized carbons (Fsp3) is 0.333. The van der Waals surface area contributed by atoms with E-state index in [0.717, 1.165) is 22.7 Å². The Bertz CT molecular complexity index is 607. The van der Waals surface area contributed by atoms with Crippen molar-refractivity contribution >= 4 is 22.9 Å². The number of thiazole rings is 1. The average molecular weight is 289 g/mol. The first-order valence-electron chi connectivity index (χ1n) is 6.64. The largest absolute Gasteiger partial charge is 0.388 e. The molecule has 4 nitrogen and oxygen atoms in total. The van der Waals surface area contributed by atoms with Crippen LogP contribution in [0.15, 0.2) is 24.4 Å². The maximum absolute atomic E-state index is 12.2. The second-order valence-corrected chi connectivity index (χ2v) is 5.74. The Morgan fingerprint density at radius 2 is 2.20 bits per heavy atom. The first-order valence-corrected chi connectivity index (χ1v) is 7.46. The number of hydrogen-bond donors (Lipinski definition) is 2. The van der Waals surface area contributed by atoms with E-state index < -0.39 is 0 Å². The van der Waals surface area contributed by atoms with Gasteiger partial charge in [-0.05, 0) is 37.1 Å². The van der Waals surface area contributed by atoms with Gasteiger partial charge in [0.25, 0.3) is 5.91 Å². The van der Waals surface area contributed by atoms with Gasteiger partial charge < -0.3 is 10.6 Å². The van der Waals surface area contributed by atoms with Crippen LogP contribution in [0.4, 0.5) is 5.69 Å². The van der Waals surface area contributed by atoms with Crippen molar-refractivity contribution in [1.29, 1.82) is 0 Å². The normalized spacial score (nSPS) is 10.3. The molecule has 1 heterocycles. The number of hydrogen-bond acceptors (Lipinski definition) is 4. The molecular formula is C15H19N3OS. The summed E-state index contributed by atoms with van der Waals surface area (Å²) in [5.74, 6) is -0.0570. The summed E-state index contributed by atoms with van der Waals surface area (Å²) in [7, 11) is 1.86. The first-order chi connectivity index (χ1) is 9.63. The lowest BCUT2D eigenvalue weighted by molar-refractivity contribution is 0.0950. The van der Waals surface area contributed by atoms with Gasteiger partial charge in [-0.1, -0.05) is 6.92 Å². The number of anilines is 1. The van der Waals surface area contributed by atoms with E-state index in [4.69, 9.17) is 0 Å². The molecule has 0 aliphatic heterocycles. The molecule has 0 spiro atoms. The summed E-state index contributed by atoms with van der Waals surface area (Å²) >= 11 is 1.64. The lowest BCUT2D eigenvalue weighted by Gasteiger charge is -2.08. The Labute approximate surface area is 123 Å². The number of rotatable bonds is 5. The summed E-state index contributed by atoms with van der Waals surface area (Å²) < 4.78 is 0. The summed E-state index contributed by atoms with van der Waals surface area (Å²) in [5.41, 5.74) is 2.67. The van der Waals surface area contributed by atoms with E-state index >= 15 is 0 Å². The minimum atomic E-state index is -0.0570. The third-order valence-electron chi connectivity index (χ3n) is 3.11. The first kappa shape index (κ1) is 14.5. The smallest absolute Gasteiger partial charge is 0.251 e. The van der Waals surface area contributed by atoms with Crippen molar-refractivity contribution < 1.29 is 4.79 Å². The molecule has 2 N–H and O–H groups in total. The van der Waals surface area contributed by atoms with Crippen molar-refractivity contribution in [2.45, 2.75) is 26.8 Å². The molecule has 2 rings (SSSR count). The maximum atomic E-state index is 12.2. The topological polar surface area (TPSA) is 54.0 Å². The van der Waals surface area contributed by atoms with Crippen molar-refractivity contribution in [2.75, 3.05) is 12.4 Å². The average Bonchev–Trinajstić information content (AvgIpc) is 2.92. The van der Waals surface area contributed by atoms with Crippen LogP contribution >= 0.6 is 11.3 Å². The van der Waals surface area contributed by atoms with Gasteiger partial charge in [0.1, 0.15) is 5.01 Å². The van der Waals surface area contributed by atoms with Crippen LogP contribution in [0.2, 0.25) is 0 Å². The zero-order chi connectivity index (χ0) is 14.5. The zero-order valence-electron chi connectivity index (χ0n) is 12.0. The summed E-state index contributed by atoms with van der Waals surface area (Å²) in [5, 5.41) is 6.92. The molecule has 1 aromatic heterocycles. The SMILES string of the molecule is CCc1cnc(CNC(=O)c2ccc(NC)cc2C)s1. The predicted octanol–water partition coefficient (Wildman–Crippen LogP) is 2.99. The van der Waals surface area contributed by atoms with E-state index in [1.54, 1.807) is 11.3 Å². The molecule has 1 aromatic carbocycles. The molecule has 0 radical (unpaired) electrons. The third-order valence-corrected chi connectivity index (χ3v) is 4.25. The van der Waals surface area contributed by atoms with E-state index in [2.05, 4.69) is 22.5 Å². The highest BCUT2D eigenvalue weighted by molar-refractivity contribution is 7.11. The minimum absolute atomic E-state index is 0.0570. The number of aryl methyl sites for hydroxylation is 2. The van der Waals surface area contributed by atoms with Crippen LogP contribution in [0.5, 0.6) is 0 Å². The molecule has 2 aromatic rings. The molecular weight excluding hydrogens is 270 g/mol. The molecule has 106 valence electrons. The van der Waals surface area contributed by atoms with E-state index in [1.807, 2.05) is 38.4 Å². The van der Waals surface area contributed by atoms with E-state index in [-0.39, 0.29) is 5.91 Å². The highest BCUT2D eigenvalue weighted by Gasteiger charge is 2.10. The Balaban J connectivity index is 2.01. The molecule has 0 saturated heterocycles. The van der Waals surface area contributed by atoms with Crippen molar-refractivity contribution in [2.24, 2.45) is 0 Å². The summed E-state index contributed by atoms with van der Waals surface area (Å²) in [6, 6.07) is 5.71. The molecule has 20 heavy (non-hydrogen) atoms. The monoisotopic (exact) mass is 289 g/mol. The van der Waals surface area contributed by atoms with Gasteiger partial charge >= 0.3 is 0 Å². The molecule has 0 aliphatic carbocycles. The number of amides is 1. The Morgan fingerprint density at radius 3 is 2.80 bits per heavy atom. The van der Waals surface area contributed by atoms with Crippen LogP contribution < -0.4 is 10.6 Å². The maximum Gasteiger partial charge on any atom is 0.251 e. The highest BCUT2D eigenvalue weighted by Crippen LogP contribution is 2.16. The molecule has 5 heteroatoms. The summed E-state index contributed by atoms with van der Waals surface area (Å²) in [6.45, 7) is 4.52. The van der Waals surface area contributed by atoms with Gasteiger partial charge in [-0.2, -0.15) is 0 Å². The van der Waals surface area contributed by atoms with Crippen molar-refractivity contribution in [3.8, 4) is 0 Å². The van der Waals surface area contributed by atoms with E-state index in [0.29, 0.717) is 12.1 Å². The van der Waals surface area contributed by atoms with Crippen LogP contribution in [0, 0.1) is 6.92 Å². The fourth-order valence-electron chi connectivity index (χ4n) is 1.92. The second kappa shape index (κ2) is 6.52. The Kier molecular flexibility index (Phi) is 4.74. The van der Waals surface area contributed by atoms with Gasteiger partial charge in [-0.15, -0.1) is 11.3 Å². The van der Waals surface area contributed by atoms with Crippen LogP contribution in [0.3, 0.4) is 0 Å². The number of aromatic nitrogens is 1. The molecule has 0 unspecified atom stereocenters. The number of carbonyl (C=O) groups excluding carboxylic acids is 1. The van der Waals surface area contributed by atoms with Gasteiger partial charge in [0.05, 0.1) is 6.54 Å². The summed E-state index contributed by atoms with van der Waals surface area (Å²) in [6.07, 6.45) is 2.86. The van der Waals surface area contributed by atoms with Crippen molar-refractivity contribution in [3.05, 3.63) is 45.4 Å². The second-order valence-electron chi connectivity index (χ2n) is 4.54. The van der Waals surface area contributed by atoms with Gasteiger partial charge in [-0.25, -0.2) is 4.98 Å². The van der Waals surface area contributed by atoms with Gasteiger partial charge in [0.15, 0.2) is 0 Å². The predicted molar refractivity (Wildman–Crippen MR) is 83.4 cm³/mol. The molecule has 0 saturated carbocycles.